The molecule has 0 radical (unpaired) electrons. The predicted octanol–water partition coefficient (Wildman–Crippen LogP) is 4.79. The van der Waals surface area contributed by atoms with Crippen LogP contribution in [-0.2, 0) is 17.5 Å². The average molecular weight is 405 g/mol. The lowest BCUT2D eigenvalue weighted by Crippen LogP contribution is -2.39. The third kappa shape index (κ3) is 5.85. The minimum atomic E-state index is -4.39. The number of alkyl halides is 3. The highest BCUT2D eigenvalue weighted by Crippen LogP contribution is 2.34. The number of hydrogen-bond acceptors (Lipinski definition) is 2. The number of halogens is 4. The molecule has 1 amide bonds. The van der Waals surface area contributed by atoms with E-state index in [0.29, 0.717) is 12.3 Å². The van der Waals surface area contributed by atoms with E-state index in [0.717, 1.165) is 57.7 Å². The number of benzene rings is 1. The predicted molar refractivity (Wildman–Crippen MR) is 102 cm³/mol. The van der Waals surface area contributed by atoms with Crippen LogP contribution in [0.4, 0.5) is 13.2 Å². The second-order valence-corrected chi connectivity index (χ2v) is 7.51. The summed E-state index contributed by atoms with van der Waals surface area (Å²) in [6, 6.07) is 5.70. The molecule has 1 saturated heterocycles. The number of amides is 1. The third-order valence-corrected chi connectivity index (χ3v) is 5.68. The lowest BCUT2D eigenvalue weighted by Gasteiger charge is -2.30. The zero-order valence-corrected chi connectivity index (χ0v) is 16.2. The van der Waals surface area contributed by atoms with Crippen molar-refractivity contribution in [1.29, 1.82) is 0 Å². The molecular weight excluding hydrogens is 377 g/mol. The van der Waals surface area contributed by atoms with Crippen molar-refractivity contribution in [1.82, 2.24) is 10.2 Å². The molecule has 3 nitrogen and oxygen atoms in total. The van der Waals surface area contributed by atoms with Gasteiger partial charge in [0.2, 0.25) is 5.91 Å². The number of rotatable bonds is 6. The Balaban J connectivity index is 0.00000261. The molecule has 1 aliphatic carbocycles. The van der Waals surface area contributed by atoms with Crippen molar-refractivity contribution in [3.8, 4) is 0 Å². The highest BCUT2D eigenvalue weighted by atomic mass is 35.5. The Bertz CT molecular complexity index is 611. The lowest BCUT2D eigenvalue weighted by atomic mass is 10.0. The Morgan fingerprint density at radius 1 is 1.15 bits per heavy atom. The minimum absolute atomic E-state index is 0. The molecule has 1 aromatic rings. The highest BCUT2D eigenvalue weighted by molar-refractivity contribution is 5.85. The van der Waals surface area contributed by atoms with Crippen molar-refractivity contribution in [3.05, 3.63) is 35.4 Å². The second-order valence-electron chi connectivity index (χ2n) is 7.51. The summed E-state index contributed by atoms with van der Waals surface area (Å²) in [5.74, 6) is 0.507. The maximum atomic E-state index is 13.3. The lowest BCUT2D eigenvalue weighted by molar-refractivity contribution is -0.140. The smallest absolute Gasteiger partial charge is 0.335 e. The summed E-state index contributed by atoms with van der Waals surface area (Å²) in [5, 5.41) is 3.29. The molecule has 1 N–H and O–H groups in total. The van der Waals surface area contributed by atoms with Crippen LogP contribution in [0.2, 0.25) is 0 Å². The molecule has 1 heterocycles. The number of nitrogens with one attached hydrogen (secondary N) is 1. The molecule has 3 rings (SSSR count). The second kappa shape index (κ2) is 9.78. The first-order valence-electron chi connectivity index (χ1n) is 9.60. The van der Waals surface area contributed by atoms with Gasteiger partial charge in [-0.3, -0.25) is 4.79 Å². The van der Waals surface area contributed by atoms with E-state index in [2.05, 4.69) is 5.32 Å². The molecule has 152 valence electrons. The van der Waals surface area contributed by atoms with Gasteiger partial charge in [0.15, 0.2) is 0 Å². The van der Waals surface area contributed by atoms with Gasteiger partial charge < -0.3 is 10.2 Å². The Morgan fingerprint density at radius 3 is 2.48 bits per heavy atom. The summed E-state index contributed by atoms with van der Waals surface area (Å²) in [7, 11) is 0. The number of nitrogens with zero attached hydrogens (tertiary/aromatic N) is 1. The fourth-order valence-corrected chi connectivity index (χ4v) is 4.19. The van der Waals surface area contributed by atoms with Crippen LogP contribution in [0.3, 0.4) is 0 Å². The van der Waals surface area contributed by atoms with E-state index in [9.17, 15) is 18.0 Å². The molecule has 0 spiro atoms. The van der Waals surface area contributed by atoms with Gasteiger partial charge in [0.1, 0.15) is 0 Å². The van der Waals surface area contributed by atoms with Crippen molar-refractivity contribution in [2.75, 3.05) is 13.1 Å². The van der Waals surface area contributed by atoms with Crippen molar-refractivity contribution in [2.24, 2.45) is 5.92 Å². The Hall–Kier alpha value is -1.27. The van der Waals surface area contributed by atoms with Gasteiger partial charge in [-0.1, -0.05) is 31.0 Å². The zero-order valence-electron chi connectivity index (χ0n) is 15.4. The van der Waals surface area contributed by atoms with Crippen LogP contribution < -0.4 is 5.32 Å². The highest BCUT2D eigenvalue weighted by Gasteiger charge is 2.35. The monoisotopic (exact) mass is 404 g/mol. The number of carbonyl (C=O) groups is 1. The van der Waals surface area contributed by atoms with E-state index in [1.165, 1.54) is 12.1 Å². The Kier molecular flexibility index (Phi) is 7.98. The molecule has 1 aliphatic heterocycles. The minimum Gasteiger partial charge on any atom is -0.335 e. The maximum Gasteiger partial charge on any atom is 0.416 e. The van der Waals surface area contributed by atoms with E-state index >= 15 is 0 Å². The SMILES string of the molecule is Cl.O=C(CCC1CCNC1)N(Cc1ccccc1C(F)(F)F)C1CCCC1. The Morgan fingerprint density at radius 2 is 1.85 bits per heavy atom. The first-order chi connectivity index (χ1) is 12.4. The average Bonchev–Trinajstić information content (AvgIpc) is 3.30. The van der Waals surface area contributed by atoms with Crippen LogP contribution in [-0.4, -0.2) is 29.9 Å². The number of carbonyl (C=O) groups excluding carboxylic acids is 1. The van der Waals surface area contributed by atoms with Gasteiger partial charge in [-0.25, -0.2) is 0 Å². The normalized spacial score (nSPS) is 20.5. The first kappa shape index (κ1) is 22.0. The third-order valence-electron chi connectivity index (χ3n) is 5.68. The van der Waals surface area contributed by atoms with E-state index < -0.39 is 11.7 Å². The van der Waals surface area contributed by atoms with E-state index in [-0.39, 0.29) is 36.5 Å². The molecule has 0 bridgehead atoms. The topological polar surface area (TPSA) is 32.3 Å². The fraction of sp³-hybridized carbons (Fsp3) is 0.650. The van der Waals surface area contributed by atoms with Crippen LogP contribution in [0.25, 0.3) is 0 Å². The standard InChI is InChI=1S/C20H27F3N2O.ClH/c21-20(22,23)18-8-4-1-5-16(18)14-25(17-6-2-3-7-17)19(26)10-9-15-11-12-24-13-15;/h1,4-5,8,15,17,24H,2-3,6-7,9-14H2;1H. The molecule has 2 aliphatic rings. The van der Waals surface area contributed by atoms with Gasteiger partial charge in [-0.05, 0) is 56.3 Å². The summed E-state index contributed by atoms with van der Waals surface area (Å²) >= 11 is 0. The summed E-state index contributed by atoms with van der Waals surface area (Å²) in [4.78, 5) is 14.6. The van der Waals surface area contributed by atoms with Gasteiger partial charge >= 0.3 is 6.18 Å². The van der Waals surface area contributed by atoms with Crippen LogP contribution in [0.1, 0.15) is 56.1 Å². The van der Waals surface area contributed by atoms with E-state index in [1.54, 1.807) is 11.0 Å². The van der Waals surface area contributed by atoms with Crippen molar-refractivity contribution in [3.63, 3.8) is 0 Å². The molecular formula is C20H28ClF3N2O. The van der Waals surface area contributed by atoms with Gasteiger partial charge in [0.25, 0.3) is 0 Å². The molecule has 27 heavy (non-hydrogen) atoms. The van der Waals surface area contributed by atoms with Gasteiger partial charge in [-0.2, -0.15) is 13.2 Å². The molecule has 0 aromatic heterocycles. The molecule has 1 saturated carbocycles. The van der Waals surface area contributed by atoms with E-state index in [4.69, 9.17) is 0 Å². The summed E-state index contributed by atoms with van der Waals surface area (Å²) in [6.45, 7) is 1.99. The largest absolute Gasteiger partial charge is 0.416 e. The van der Waals surface area contributed by atoms with Crippen LogP contribution in [0.5, 0.6) is 0 Å². The quantitative estimate of drug-likeness (QED) is 0.739. The van der Waals surface area contributed by atoms with Gasteiger partial charge in [-0.15, -0.1) is 12.4 Å². The molecule has 1 aromatic carbocycles. The van der Waals surface area contributed by atoms with Crippen molar-refractivity contribution in [2.45, 2.75) is 63.7 Å². The molecule has 1 unspecified atom stereocenters. The van der Waals surface area contributed by atoms with Crippen molar-refractivity contribution >= 4 is 18.3 Å². The maximum absolute atomic E-state index is 13.3. The van der Waals surface area contributed by atoms with Gasteiger partial charge in [0, 0.05) is 19.0 Å². The zero-order chi connectivity index (χ0) is 18.6. The summed E-state index contributed by atoms with van der Waals surface area (Å²) in [6.07, 6.45) is 1.80. The summed E-state index contributed by atoms with van der Waals surface area (Å²) in [5.41, 5.74) is -0.432. The molecule has 7 heteroatoms. The van der Waals surface area contributed by atoms with Crippen LogP contribution >= 0.6 is 12.4 Å². The van der Waals surface area contributed by atoms with Crippen molar-refractivity contribution < 1.29 is 18.0 Å². The van der Waals surface area contributed by atoms with Gasteiger partial charge in [0.05, 0.1) is 5.56 Å². The number of hydrogen-bond donors (Lipinski definition) is 1. The van der Waals surface area contributed by atoms with Crippen LogP contribution in [0.15, 0.2) is 24.3 Å². The van der Waals surface area contributed by atoms with E-state index in [1.807, 2.05) is 0 Å². The molecule has 2 fully saturated rings. The first-order valence-corrected chi connectivity index (χ1v) is 9.60. The fourth-order valence-electron chi connectivity index (χ4n) is 4.19. The van der Waals surface area contributed by atoms with Crippen LogP contribution in [0, 0.1) is 5.92 Å². The molecule has 1 atom stereocenters. The summed E-state index contributed by atoms with van der Waals surface area (Å²) < 4.78 is 40.0. The Labute approximate surface area is 165 Å².